The molecule has 2 aromatic carbocycles. The first kappa shape index (κ1) is 15.2. The fourth-order valence-corrected chi connectivity index (χ4v) is 2.82. The Morgan fingerprint density at radius 1 is 1.13 bits per heavy atom. The molecule has 0 spiro atoms. The molecule has 23 heavy (non-hydrogen) atoms. The Kier molecular flexibility index (Phi) is 4.37. The van der Waals surface area contributed by atoms with Crippen LogP contribution in [0.3, 0.4) is 0 Å². The molecule has 1 fully saturated rings. The SMILES string of the molecule is COc1ccc(C(=O)Nc2cc(N)ccc2N2CCCC2)cc1. The molecule has 3 rings (SSSR count). The van der Waals surface area contributed by atoms with Crippen molar-refractivity contribution >= 4 is 23.0 Å². The maximum atomic E-state index is 12.5. The summed E-state index contributed by atoms with van der Waals surface area (Å²) in [4.78, 5) is 14.8. The number of methoxy groups -OCH3 is 1. The van der Waals surface area contributed by atoms with Crippen molar-refractivity contribution in [3.05, 3.63) is 48.0 Å². The third kappa shape index (κ3) is 3.39. The normalized spacial score (nSPS) is 13.9. The summed E-state index contributed by atoms with van der Waals surface area (Å²) in [6.07, 6.45) is 2.35. The van der Waals surface area contributed by atoms with Gasteiger partial charge in [0.1, 0.15) is 5.75 Å². The first-order valence-corrected chi connectivity index (χ1v) is 7.77. The number of nitrogen functional groups attached to an aromatic ring is 1. The molecule has 1 aliphatic heterocycles. The summed E-state index contributed by atoms with van der Waals surface area (Å²) < 4.78 is 5.11. The summed E-state index contributed by atoms with van der Waals surface area (Å²) in [5.41, 5.74) is 8.90. The van der Waals surface area contributed by atoms with E-state index in [-0.39, 0.29) is 5.91 Å². The van der Waals surface area contributed by atoms with E-state index in [1.165, 1.54) is 12.8 Å². The molecule has 0 aromatic heterocycles. The number of nitrogens with two attached hydrogens (primary N) is 1. The van der Waals surface area contributed by atoms with Crippen LogP contribution in [0.25, 0.3) is 0 Å². The van der Waals surface area contributed by atoms with Gasteiger partial charge in [0.15, 0.2) is 0 Å². The molecule has 0 saturated carbocycles. The van der Waals surface area contributed by atoms with Crippen LogP contribution in [-0.4, -0.2) is 26.1 Å². The zero-order valence-electron chi connectivity index (χ0n) is 13.2. The molecule has 1 heterocycles. The minimum atomic E-state index is -0.154. The Bertz CT molecular complexity index is 692. The molecule has 1 saturated heterocycles. The smallest absolute Gasteiger partial charge is 0.255 e. The molecule has 0 atom stereocenters. The molecule has 0 aliphatic carbocycles. The van der Waals surface area contributed by atoms with Crippen LogP contribution in [0.5, 0.6) is 5.75 Å². The lowest BCUT2D eigenvalue weighted by molar-refractivity contribution is 0.102. The zero-order chi connectivity index (χ0) is 16.2. The predicted molar refractivity (Wildman–Crippen MR) is 93.2 cm³/mol. The number of hydrogen-bond acceptors (Lipinski definition) is 4. The highest BCUT2D eigenvalue weighted by atomic mass is 16.5. The van der Waals surface area contributed by atoms with Crippen LogP contribution in [0.4, 0.5) is 17.1 Å². The first-order valence-electron chi connectivity index (χ1n) is 7.77. The van der Waals surface area contributed by atoms with Gasteiger partial charge in [-0.25, -0.2) is 0 Å². The number of anilines is 3. The van der Waals surface area contributed by atoms with E-state index in [0.717, 1.165) is 30.2 Å². The van der Waals surface area contributed by atoms with E-state index < -0.39 is 0 Å². The van der Waals surface area contributed by atoms with Crippen LogP contribution in [0.2, 0.25) is 0 Å². The highest BCUT2D eigenvalue weighted by molar-refractivity contribution is 6.06. The standard InChI is InChI=1S/C18H21N3O2/c1-23-15-7-4-13(5-8-15)18(22)20-16-12-14(19)6-9-17(16)21-10-2-3-11-21/h4-9,12H,2-3,10-11,19H2,1H3,(H,20,22). The summed E-state index contributed by atoms with van der Waals surface area (Å²) in [5, 5.41) is 2.98. The lowest BCUT2D eigenvalue weighted by Gasteiger charge is -2.22. The molecular formula is C18H21N3O2. The molecule has 0 radical (unpaired) electrons. The number of rotatable bonds is 4. The number of hydrogen-bond donors (Lipinski definition) is 2. The fraction of sp³-hybridized carbons (Fsp3) is 0.278. The molecule has 1 aliphatic rings. The van der Waals surface area contributed by atoms with Crippen LogP contribution in [0, 0.1) is 0 Å². The van der Waals surface area contributed by atoms with Crippen molar-refractivity contribution in [2.45, 2.75) is 12.8 Å². The van der Waals surface area contributed by atoms with Gasteiger partial charge in [-0.05, 0) is 55.3 Å². The highest BCUT2D eigenvalue weighted by Gasteiger charge is 2.17. The Morgan fingerprint density at radius 2 is 1.83 bits per heavy atom. The van der Waals surface area contributed by atoms with Crippen molar-refractivity contribution in [1.29, 1.82) is 0 Å². The summed E-state index contributed by atoms with van der Waals surface area (Å²) in [5.74, 6) is 0.571. The van der Waals surface area contributed by atoms with Gasteiger partial charge >= 0.3 is 0 Å². The second kappa shape index (κ2) is 6.60. The highest BCUT2D eigenvalue weighted by Crippen LogP contribution is 2.31. The molecule has 1 amide bonds. The maximum absolute atomic E-state index is 12.5. The summed E-state index contributed by atoms with van der Waals surface area (Å²) in [7, 11) is 1.60. The molecular weight excluding hydrogens is 290 g/mol. The maximum Gasteiger partial charge on any atom is 0.255 e. The molecule has 0 unspecified atom stereocenters. The van der Waals surface area contributed by atoms with E-state index in [1.807, 2.05) is 18.2 Å². The van der Waals surface area contributed by atoms with Crippen LogP contribution in [0.15, 0.2) is 42.5 Å². The third-order valence-electron chi connectivity index (χ3n) is 4.07. The predicted octanol–water partition coefficient (Wildman–Crippen LogP) is 3.13. The number of carbonyl (C=O) groups excluding carboxylic acids is 1. The van der Waals surface area contributed by atoms with E-state index in [4.69, 9.17) is 10.5 Å². The minimum Gasteiger partial charge on any atom is -0.497 e. The lowest BCUT2D eigenvalue weighted by atomic mass is 10.1. The lowest BCUT2D eigenvalue weighted by Crippen LogP contribution is -2.21. The molecule has 5 nitrogen and oxygen atoms in total. The number of amides is 1. The van der Waals surface area contributed by atoms with Gasteiger partial charge in [-0.1, -0.05) is 0 Å². The second-order valence-corrected chi connectivity index (χ2v) is 5.65. The number of nitrogens with one attached hydrogen (secondary N) is 1. The minimum absolute atomic E-state index is 0.154. The largest absolute Gasteiger partial charge is 0.497 e. The van der Waals surface area contributed by atoms with E-state index in [2.05, 4.69) is 10.2 Å². The average Bonchev–Trinajstić information content (AvgIpc) is 3.09. The van der Waals surface area contributed by atoms with E-state index in [0.29, 0.717) is 11.3 Å². The number of benzene rings is 2. The molecule has 120 valence electrons. The van der Waals surface area contributed by atoms with Gasteiger partial charge in [-0.2, -0.15) is 0 Å². The number of nitrogens with zero attached hydrogens (tertiary/aromatic N) is 1. The fourth-order valence-electron chi connectivity index (χ4n) is 2.82. The van der Waals surface area contributed by atoms with Crippen LogP contribution in [0.1, 0.15) is 23.2 Å². The number of ether oxygens (including phenoxy) is 1. The van der Waals surface area contributed by atoms with Gasteiger partial charge < -0.3 is 20.7 Å². The van der Waals surface area contributed by atoms with Gasteiger partial charge in [0, 0.05) is 24.3 Å². The van der Waals surface area contributed by atoms with Crippen molar-refractivity contribution in [3.63, 3.8) is 0 Å². The second-order valence-electron chi connectivity index (χ2n) is 5.65. The van der Waals surface area contributed by atoms with Gasteiger partial charge in [0.25, 0.3) is 5.91 Å². The summed E-state index contributed by atoms with van der Waals surface area (Å²) >= 11 is 0. The van der Waals surface area contributed by atoms with E-state index in [9.17, 15) is 4.79 Å². The van der Waals surface area contributed by atoms with Gasteiger partial charge in [0.2, 0.25) is 0 Å². The molecule has 0 bridgehead atoms. The van der Waals surface area contributed by atoms with Crippen molar-refractivity contribution in [2.75, 3.05) is 36.1 Å². The monoisotopic (exact) mass is 311 g/mol. The van der Waals surface area contributed by atoms with E-state index >= 15 is 0 Å². The van der Waals surface area contributed by atoms with Gasteiger partial charge in [-0.3, -0.25) is 4.79 Å². The Morgan fingerprint density at radius 3 is 2.48 bits per heavy atom. The molecule has 5 heteroatoms. The van der Waals surface area contributed by atoms with Crippen molar-refractivity contribution in [1.82, 2.24) is 0 Å². The molecule has 2 aromatic rings. The van der Waals surface area contributed by atoms with Crippen LogP contribution < -0.4 is 20.7 Å². The zero-order valence-corrected chi connectivity index (χ0v) is 13.2. The summed E-state index contributed by atoms with van der Waals surface area (Å²) in [6, 6.07) is 12.7. The average molecular weight is 311 g/mol. The van der Waals surface area contributed by atoms with Crippen molar-refractivity contribution in [2.24, 2.45) is 0 Å². The Labute approximate surface area is 136 Å². The third-order valence-corrected chi connectivity index (χ3v) is 4.07. The van der Waals surface area contributed by atoms with Gasteiger partial charge in [0.05, 0.1) is 18.5 Å². The van der Waals surface area contributed by atoms with Crippen LogP contribution in [-0.2, 0) is 0 Å². The quantitative estimate of drug-likeness (QED) is 0.851. The number of carbonyl (C=O) groups is 1. The summed E-state index contributed by atoms with van der Waals surface area (Å²) in [6.45, 7) is 2.02. The van der Waals surface area contributed by atoms with E-state index in [1.54, 1.807) is 31.4 Å². The van der Waals surface area contributed by atoms with Crippen molar-refractivity contribution in [3.8, 4) is 5.75 Å². The van der Waals surface area contributed by atoms with Crippen molar-refractivity contribution < 1.29 is 9.53 Å². The van der Waals surface area contributed by atoms with Gasteiger partial charge in [-0.15, -0.1) is 0 Å². The first-order chi connectivity index (χ1) is 11.2. The van der Waals surface area contributed by atoms with Crippen LogP contribution >= 0.6 is 0 Å². The molecule has 3 N–H and O–H groups in total. The topological polar surface area (TPSA) is 67.6 Å². The Hall–Kier alpha value is -2.69. The Balaban J connectivity index is 1.83.